The predicted octanol–water partition coefficient (Wildman–Crippen LogP) is 2.09. The van der Waals surface area contributed by atoms with Gasteiger partial charge < -0.3 is 15.5 Å². The largest absolute Gasteiger partial charge is 0.419 e. The van der Waals surface area contributed by atoms with Crippen LogP contribution in [0.3, 0.4) is 0 Å². The fraction of sp³-hybridized carbons (Fsp3) is 0.522. The van der Waals surface area contributed by atoms with Crippen LogP contribution >= 0.6 is 0 Å². The number of carbonyl (C=O) groups excluding carboxylic acids is 1. The highest BCUT2D eigenvalue weighted by molar-refractivity contribution is 5.95. The van der Waals surface area contributed by atoms with Crippen LogP contribution in [0, 0.1) is 5.82 Å². The van der Waals surface area contributed by atoms with E-state index < -0.39 is 23.7 Å². The SMILES string of the molecule is CN1CC(N2CCCC(N)C2)=CC2=C1C(=O)N(C)N(C)C2NCc1cccc(C(F)(F)F)c1F. The van der Waals surface area contributed by atoms with Gasteiger partial charge in [0.05, 0.1) is 12.1 Å². The molecule has 0 saturated carbocycles. The lowest BCUT2D eigenvalue weighted by molar-refractivity contribution is -0.147. The number of amides is 1. The Morgan fingerprint density at radius 2 is 1.94 bits per heavy atom. The third kappa shape index (κ3) is 4.51. The smallest absolute Gasteiger partial charge is 0.372 e. The summed E-state index contributed by atoms with van der Waals surface area (Å²) in [5.74, 6) is -1.48. The van der Waals surface area contributed by atoms with E-state index >= 15 is 0 Å². The van der Waals surface area contributed by atoms with E-state index in [1.807, 2.05) is 18.0 Å². The maximum absolute atomic E-state index is 14.6. The zero-order valence-corrected chi connectivity index (χ0v) is 19.5. The number of nitrogens with one attached hydrogen (secondary N) is 1. The van der Waals surface area contributed by atoms with Gasteiger partial charge in [0.25, 0.3) is 5.91 Å². The fourth-order valence-electron chi connectivity index (χ4n) is 4.85. The van der Waals surface area contributed by atoms with Crippen LogP contribution in [0.25, 0.3) is 0 Å². The lowest BCUT2D eigenvalue weighted by atomic mass is 9.98. The summed E-state index contributed by atoms with van der Waals surface area (Å²) in [5.41, 5.74) is 7.00. The molecule has 3 heterocycles. The Morgan fingerprint density at radius 1 is 1.21 bits per heavy atom. The van der Waals surface area contributed by atoms with Crippen LogP contribution in [-0.4, -0.2) is 78.7 Å². The van der Waals surface area contributed by atoms with E-state index in [1.54, 1.807) is 19.1 Å². The molecule has 34 heavy (non-hydrogen) atoms. The van der Waals surface area contributed by atoms with Crippen molar-refractivity contribution in [1.82, 2.24) is 25.1 Å². The summed E-state index contributed by atoms with van der Waals surface area (Å²) >= 11 is 0. The van der Waals surface area contributed by atoms with Gasteiger partial charge in [-0.1, -0.05) is 12.1 Å². The normalized spacial score (nSPS) is 24.5. The molecule has 186 valence electrons. The summed E-state index contributed by atoms with van der Waals surface area (Å²) in [6.07, 6.45) is -1.42. The Kier molecular flexibility index (Phi) is 6.63. The van der Waals surface area contributed by atoms with Crippen LogP contribution in [0.2, 0.25) is 0 Å². The van der Waals surface area contributed by atoms with Gasteiger partial charge in [-0.3, -0.25) is 15.1 Å². The predicted molar refractivity (Wildman–Crippen MR) is 119 cm³/mol. The minimum absolute atomic E-state index is 0.0786. The molecular formula is C23H30F4N6O. The molecule has 4 rings (SSSR count). The zero-order chi connectivity index (χ0) is 24.8. The molecule has 1 amide bonds. The van der Waals surface area contributed by atoms with Gasteiger partial charge >= 0.3 is 6.18 Å². The van der Waals surface area contributed by atoms with Gasteiger partial charge in [0.15, 0.2) is 0 Å². The number of rotatable bonds is 4. The van der Waals surface area contributed by atoms with Crippen LogP contribution in [0.15, 0.2) is 41.2 Å². The van der Waals surface area contributed by atoms with Crippen LogP contribution in [0.4, 0.5) is 17.6 Å². The highest BCUT2D eigenvalue weighted by Crippen LogP contribution is 2.34. The molecule has 1 aromatic carbocycles. The maximum atomic E-state index is 14.6. The van der Waals surface area contributed by atoms with Crippen molar-refractivity contribution in [2.75, 3.05) is 40.8 Å². The molecule has 2 unspecified atom stereocenters. The molecule has 3 aliphatic heterocycles. The Morgan fingerprint density at radius 3 is 2.62 bits per heavy atom. The Balaban J connectivity index is 1.66. The highest BCUT2D eigenvalue weighted by Gasteiger charge is 2.40. The van der Waals surface area contributed by atoms with Crippen LogP contribution < -0.4 is 11.1 Å². The number of nitrogens with zero attached hydrogens (tertiary/aromatic N) is 4. The number of hydrazine groups is 1. The molecule has 7 nitrogen and oxygen atoms in total. The van der Waals surface area contributed by atoms with E-state index in [1.165, 1.54) is 17.1 Å². The molecule has 11 heteroatoms. The minimum atomic E-state index is -4.77. The number of likely N-dealkylation sites (N-methyl/N-ethyl adjacent to an activating group) is 3. The second-order valence-corrected chi connectivity index (χ2v) is 9.11. The fourth-order valence-corrected chi connectivity index (χ4v) is 4.85. The number of hydrogen-bond acceptors (Lipinski definition) is 6. The molecule has 3 N–H and O–H groups in total. The van der Waals surface area contributed by atoms with Gasteiger partial charge in [-0.25, -0.2) is 4.39 Å². The van der Waals surface area contributed by atoms with Crippen molar-refractivity contribution >= 4 is 5.91 Å². The quantitative estimate of drug-likeness (QED) is 0.641. The number of hydrogen-bond donors (Lipinski definition) is 2. The van der Waals surface area contributed by atoms with E-state index in [0.29, 0.717) is 17.8 Å². The van der Waals surface area contributed by atoms with Crippen LogP contribution in [-0.2, 0) is 17.5 Å². The van der Waals surface area contributed by atoms with Crippen molar-refractivity contribution in [2.45, 2.75) is 37.8 Å². The maximum Gasteiger partial charge on any atom is 0.419 e. The standard InChI is InChI=1S/C23H30F4N6O/c1-30-13-16(33-9-5-7-15(28)12-33)10-17-20(30)22(34)32(3)31(2)21(17)29-11-14-6-4-8-18(19(14)24)23(25,26)27/h4,6,8,10,15,21,29H,5,7,9,11-13,28H2,1-3H3. The van der Waals surface area contributed by atoms with Crippen molar-refractivity contribution < 1.29 is 22.4 Å². The topological polar surface area (TPSA) is 68.1 Å². The highest BCUT2D eigenvalue weighted by atomic mass is 19.4. The molecule has 0 aliphatic carbocycles. The average Bonchev–Trinajstić information content (AvgIpc) is 2.77. The first kappa shape index (κ1) is 24.5. The molecule has 0 radical (unpaired) electrons. The summed E-state index contributed by atoms with van der Waals surface area (Å²) in [5, 5.41) is 6.28. The molecule has 3 aliphatic rings. The van der Waals surface area contributed by atoms with Gasteiger partial charge in [-0.15, -0.1) is 0 Å². The van der Waals surface area contributed by atoms with Gasteiger partial charge in [-0.2, -0.15) is 18.2 Å². The number of halogens is 4. The number of carbonyl (C=O) groups is 1. The van der Waals surface area contributed by atoms with Crippen molar-refractivity contribution in [1.29, 1.82) is 0 Å². The second-order valence-electron chi connectivity index (χ2n) is 9.11. The summed E-state index contributed by atoms with van der Waals surface area (Å²) in [6, 6.07) is 3.33. The number of likely N-dealkylation sites (tertiary alicyclic amines) is 1. The van der Waals surface area contributed by atoms with Gasteiger partial charge in [0, 0.05) is 63.7 Å². The molecule has 1 fully saturated rings. The first-order valence-electron chi connectivity index (χ1n) is 11.2. The van der Waals surface area contributed by atoms with Gasteiger partial charge in [-0.05, 0) is 25.0 Å². The minimum Gasteiger partial charge on any atom is -0.372 e. The monoisotopic (exact) mass is 482 g/mol. The van der Waals surface area contributed by atoms with E-state index in [4.69, 9.17) is 5.73 Å². The Labute approximate surface area is 196 Å². The summed E-state index contributed by atoms with van der Waals surface area (Å²) in [7, 11) is 5.18. The van der Waals surface area contributed by atoms with E-state index in [2.05, 4.69) is 10.2 Å². The molecule has 1 aromatic rings. The second kappa shape index (κ2) is 9.20. The first-order chi connectivity index (χ1) is 16.0. The van der Waals surface area contributed by atoms with Gasteiger partial charge in [0.1, 0.15) is 17.7 Å². The zero-order valence-electron chi connectivity index (χ0n) is 19.5. The van der Waals surface area contributed by atoms with Crippen LogP contribution in [0.5, 0.6) is 0 Å². The van der Waals surface area contributed by atoms with Crippen molar-refractivity contribution in [3.8, 4) is 0 Å². The lowest BCUT2D eigenvalue weighted by Crippen LogP contribution is -2.60. The van der Waals surface area contributed by atoms with E-state index in [9.17, 15) is 22.4 Å². The molecule has 0 bridgehead atoms. The summed E-state index contributed by atoms with van der Waals surface area (Å²) < 4.78 is 54.0. The lowest BCUT2D eigenvalue weighted by Gasteiger charge is -2.47. The average molecular weight is 483 g/mol. The molecule has 0 aromatic heterocycles. The number of alkyl halides is 3. The van der Waals surface area contributed by atoms with E-state index in [-0.39, 0.29) is 24.1 Å². The van der Waals surface area contributed by atoms with Crippen molar-refractivity contribution in [2.24, 2.45) is 5.73 Å². The Hall–Kier alpha value is -2.63. The van der Waals surface area contributed by atoms with Crippen molar-refractivity contribution in [3.63, 3.8) is 0 Å². The number of piperidine rings is 1. The van der Waals surface area contributed by atoms with E-state index in [0.717, 1.165) is 37.7 Å². The summed E-state index contributed by atoms with van der Waals surface area (Å²) in [4.78, 5) is 17.2. The first-order valence-corrected chi connectivity index (χ1v) is 11.2. The molecule has 1 saturated heterocycles. The van der Waals surface area contributed by atoms with Gasteiger partial charge in [0.2, 0.25) is 0 Å². The van der Waals surface area contributed by atoms with Crippen LogP contribution in [0.1, 0.15) is 24.0 Å². The summed E-state index contributed by atoms with van der Waals surface area (Å²) in [6.45, 7) is 1.99. The molecule has 2 atom stereocenters. The Bertz CT molecular complexity index is 1020. The number of nitrogens with two attached hydrogens (primary N) is 1. The van der Waals surface area contributed by atoms with Crippen molar-refractivity contribution in [3.05, 3.63) is 58.2 Å². The molecular weight excluding hydrogens is 452 g/mol. The third-order valence-corrected chi connectivity index (χ3v) is 6.75. The number of benzene rings is 1. The third-order valence-electron chi connectivity index (χ3n) is 6.75. The molecule has 0 spiro atoms.